The largest absolute Gasteiger partial charge is 0.507 e. The van der Waals surface area contributed by atoms with Crippen molar-refractivity contribution in [2.75, 3.05) is 65.4 Å². The lowest BCUT2D eigenvalue weighted by molar-refractivity contribution is 0.128. The molecule has 0 amide bonds. The molecule has 3 heterocycles. The molecule has 2 aliphatic heterocycles. The fourth-order valence-electron chi connectivity index (χ4n) is 4.70. The summed E-state index contributed by atoms with van der Waals surface area (Å²) in [5.74, 6) is 0.487. The Labute approximate surface area is 205 Å². The highest BCUT2D eigenvalue weighted by atomic mass is 32.9. The number of phenols is 1. The Bertz CT molecular complexity index is 909. The first-order valence-electron chi connectivity index (χ1n) is 11.8. The Kier molecular flexibility index (Phi) is 8.37. The Balaban J connectivity index is 1.60. The Morgan fingerprint density at radius 2 is 1.22 bits per heavy atom. The zero-order chi connectivity index (χ0) is 22.7. The van der Waals surface area contributed by atoms with Gasteiger partial charge in [0.05, 0.1) is 4.88 Å². The van der Waals surface area contributed by atoms with Crippen LogP contribution in [0.5, 0.6) is 5.75 Å². The van der Waals surface area contributed by atoms with Gasteiger partial charge in [-0.2, -0.15) is 0 Å². The highest BCUT2D eigenvalue weighted by molar-refractivity contribution is 7.80. The zero-order valence-electron chi connectivity index (χ0n) is 19.6. The van der Waals surface area contributed by atoms with Gasteiger partial charge in [0.2, 0.25) is 0 Å². The van der Waals surface area contributed by atoms with E-state index in [4.69, 9.17) is 12.2 Å². The van der Waals surface area contributed by atoms with Crippen LogP contribution in [0.4, 0.5) is 0 Å². The maximum Gasteiger partial charge on any atom is 0.124 e. The van der Waals surface area contributed by atoms with Crippen molar-refractivity contribution in [3.05, 3.63) is 32.6 Å². The lowest BCUT2D eigenvalue weighted by atomic mass is 10.00. The molecule has 0 aliphatic carbocycles. The molecule has 2 saturated heterocycles. The number of benzene rings is 1. The number of rotatable bonds is 7. The van der Waals surface area contributed by atoms with Gasteiger partial charge >= 0.3 is 0 Å². The molecule has 0 radical (unpaired) electrons. The molecular formula is C24H36N4OS3. The zero-order valence-corrected chi connectivity index (χ0v) is 22.1. The summed E-state index contributed by atoms with van der Waals surface area (Å²) >= 11 is 5.53. The fraction of sp³-hybridized carbons (Fsp3) is 0.625. The molecule has 2 aromatic rings. The third-order valence-corrected chi connectivity index (χ3v) is 10.4. The number of aromatic hydroxyl groups is 1. The number of piperazine rings is 2. The summed E-state index contributed by atoms with van der Waals surface area (Å²) < 4.78 is 0.979. The summed E-state index contributed by atoms with van der Waals surface area (Å²) in [6, 6.07) is 4.42. The van der Waals surface area contributed by atoms with Crippen molar-refractivity contribution in [1.29, 1.82) is 0 Å². The second-order valence-corrected chi connectivity index (χ2v) is 11.8. The number of likely N-dealkylation sites (N-methyl/N-ethyl adjacent to an activating group) is 2. The van der Waals surface area contributed by atoms with E-state index in [-0.39, 0.29) is 0 Å². The lowest BCUT2D eigenvalue weighted by Crippen LogP contribution is -2.45. The lowest BCUT2D eigenvalue weighted by Gasteiger charge is -2.35. The minimum Gasteiger partial charge on any atom is -0.507 e. The van der Waals surface area contributed by atoms with Crippen molar-refractivity contribution in [3.63, 3.8) is 0 Å². The third kappa shape index (κ3) is 5.60. The van der Waals surface area contributed by atoms with Crippen LogP contribution in [0.25, 0.3) is 10.4 Å². The SMILES string of the molecule is CCN1CCN(Cc2cc(-c3ssc(=S)c3C)cc(CN3CCN(CC)CC3)c2O)CC1. The highest BCUT2D eigenvalue weighted by Crippen LogP contribution is 2.38. The van der Waals surface area contributed by atoms with Crippen molar-refractivity contribution in [2.45, 2.75) is 33.9 Å². The molecule has 1 N–H and O–H groups in total. The Morgan fingerprint density at radius 1 is 0.781 bits per heavy atom. The van der Waals surface area contributed by atoms with Gasteiger partial charge in [-0.15, -0.1) is 0 Å². The Morgan fingerprint density at radius 3 is 1.59 bits per heavy atom. The first kappa shape index (κ1) is 24.3. The summed E-state index contributed by atoms with van der Waals surface area (Å²) in [6.45, 7) is 19.1. The molecule has 8 heteroatoms. The van der Waals surface area contributed by atoms with Crippen LogP contribution in [-0.2, 0) is 13.1 Å². The fourth-order valence-corrected chi connectivity index (χ4v) is 7.58. The van der Waals surface area contributed by atoms with E-state index >= 15 is 0 Å². The van der Waals surface area contributed by atoms with E-state index in [0.717, 1.165) is 93.5 Å². The van der Waals surface area contributed by atoms with E-state index in [0.29, 0.717) is 5.75 Å². The van der Waals surface area contributed by atoms with E-state index in [9.17, 15) is 5.11 Å². The van der Waals surface area contributed by atoms with Gasteiger partial charge in [0.1, 0.15) is 9.57 Å². The van der Waals surface area contributed by atoms with Gasteiger partial charge in [0.15, 0.2) is 0 Å². The molecule has 0 spiro atoms. The molecule has 176 valence electrons. The molecule has 1 aromatic heterocycles. The summed E-state index contributed by atoms with van der Waals surface area (Å²) in [7, 11) is 3.45. The topological polar surface area (TPSA) is 33.2 Å². The molecule has 2 fully saturated rings. The van der Waals surface area contributed by atoms with Crippen LogP contribution in [0.2, 0.25) is 0 Å². The summed E-state index contributed by atoms with van der Waals surface area (Å²) in [5, 5.41) is 11.3. The predicted molar refractivity (Wildman–Crippen MR) is 140 cm³/mol. The van der Waals surface area contributed by atoms with Crippen LogP contribution in [0, 0.1) is 10.7 Å². The van der Waals surface area contributed by atoms with Crippen LogP contribution < -0.4 is 0 Å². The molecule has 0 saturated carbocycles. The normalized spacial score (nSPS) is 19.6. The van der Waals surface area contributed by atoms with E-state index in [1.807, 2.05) is 0 Å². The number of hydrogen-bond donors (Lipinski definition) is 1. The molecule has 0 bridgehead atoms. The number of hydrogen-bond acceptors (Lipinski definition) is 8. The van der Waals surface area contributed by atoms with Gasteiger partial charge in [0, 0.05) is 76.6 Å². The van der Waals surface area contributed by atoms with Crippen LogP contribution in [0.15, 0.2) is 12.1 Å². The predicted octanol–water partition coefficient (Wildman–Crippen LogP) is 4.50. The maximum absolute atomic E-state index is 11.3. The van der Waals surface area contributed by atoms with Crippen LogP contribution in [0.3, 0.4) is 0 Å². The molecule has 0 unspecified atom stereocenters. The summed E-state index contributed by atoms with van der Waals surface area (Å²) in [4.78, 5) is 11.2. The number of phenolic OH excluding ortho intramolecular Hbond substituents is 1. The summed E-state index contributed by atoms with van der Waals surface area (Å²) in [6.07, 6.45) is 0. The van der Waals surface area contributed by atoms with E-state index in [1.165, 1.54) is 16.0 Å². The van der Waals surface area contributed by atoms with Crippen LogP contribution >= 0.6 is 32.9 Å². The van der Waals surface area contributed by atoms with Gasteiger partial charge in [0.25, 0.3) is 0 Å². The molecule has 5 nitrogen and oxygen atoms in total. The monoisotopic (exact) mass is 492 g/mol. The average molecular weight is 493 g/mol. The number of nitrogens with zero attached hydrogens (tertiary/aromatic N) is 4. The first-order chi connectivity index (χ1) is 15.5. The highest BCUT2D eigenvalue weighted by Gasteiger charge is 2.22. The second kappa shape index (κ2) is 11.0. The average Bonchev–Trinajstić information content (AvgIpc) is 3.15. The second-order valence-electron chi connectivity index (χ2n) is 8.97. The third-order valence-electron chi connectivity index (χ3n) is 6.99. The summed E-state index contributed by atoms with van der Waals surface area (Å²) in [5.41, 5.74) is 4.52. The Hall–Kier alpha value is -0.870. The molecule has 2 aliphatic rings. The molecule has 32 heavy (non-hydrogen) atoms. The maximum atomic E-state index is 11.3. The van der Waals surface area contributed by atoms with Crippen molar-refractivity contribution in [2.24, 2.45) is 0 Å². The van der Waals surface area contributed by atoms with Gasteiger partial charge in [-0.25, -0.2) is 0 Å². The van der Waals surface area contributed by atoms with Crippen LogP contribution in [0.1, 0.15) is 30.5 Å². The molecule has 1 aromatic carbocycles. The minimum absolute atomic E-state index is 0.487. The molecule has 4 rings (SSSR count). The standard InChI is InChI=1S/C24H36N4OS3/c1-4-25-6-10-27(11-7-25)16-20-14-19(23-18(3)24(30)32-31-23)15-21(22(20)29)17-28-12-8-26(5-2)9-13-28/h14-15,29H,4-13,16-17H2,1-3H3. The first-order valence-corrected chi connectivity index (χ1v) is 14.4. The van der Waals surface area contributed by atoms with Crippen molar-refractivity contribution in [1.82, 2.24) is 19.6 Å². The smallest absolute Gasteiger partial charge is 0.124 e. The van der Waals surface area contributed by atoms with Crippen molar-refractivity contribution < 1.29 is 5.11 Å². The van der Waals surface area contributed by atoms with Gasteiger partial charge < -0.3 is 14.9 Å². The van der Waals surface area contributed by atoms with Crippen molar-refractivity contribution in [3.8, 4) is 16.2 Å². The van der Waals surface area contributed by atoms with E-state index in [1.54, 1.807) is 20.7 Å². The van der Waals surface area contributed by atoms with Gasteiger partial charge in [-0.1, -0.05) is 46.7 Å². The molecule has 0 atom stereocenters. The molecular weight excluding hydrogens is 456 g/mol. The van der Waals surface area contributed by atoms with Gasteiger partial charge in [-0.05, 0) is 43.3 Å². The van der Waals surface area contributed by atoms with E-state index < -0.39 is 0 Å². The van der Waals surface area contributed by atoms with E-state index in [2.05, 4.69) is 52.5 Å². The van der Waals surface area contributed by atoms with Crippen molar-refractivity contribution >= 4 is 32.9 Å². The quantitative estimate of drug-likeness (QED) is 0.453. The minimum atomic E-state index is 0.487. The van der Waals surface area contributed by atoms with Crippen LogP contribution in [-0.4, -0.2) is 90.2 Å². The van der Waals surface area contributed by atoms with Gasteiger partial charge in [-0.3, -0.25) is 9.80 Å².